The smallest absolute Gasteiger partial charge is 0.270 e. The van der Waals surface area contributed by atoms with E-state index in [2.05, 4.69) is 37.6 Å². The highest BCUT2D eigenvalue weighted by Gasteiger charge is 2.30. The zero-order valence-corrected chi connectivity index (χ0v) is 23.9. The van der Waals surface area contributed by atoms with E-state index in [1.807, 2.05) is 58.3 Å². The molecule has 8 nitrogen and oxygen atoms in total. The van der Waals surface area contributed by atoms with Gasteiger partial charge in [-0.3, -0.25) is 9.59 Å². The first kappa shape index (κ1) is 26.4. The van der Waals surface area contributed by atoms with Crippen molar-refractivity contribution in [2.24, 2.45) is 0 Å². The van der Waals surface area contributed by atoms with E-state index in [4.69, 9.17) is 0 Å². The Morgan fingerprint density at radius 3 is 2.21 bits per heavy atom. The Morgan fingerprint density at radius 2 is 1.45 bits per heavy atom. The number of piperazine rings is 1. The highest BCUT2D eigenvalue weighted by Crippen LogP contribution is 2.34. The summed E-state index contributed by atoms with van der Waals surface area (Å²) in [4.78, 5) is 42.4. The summed E-state index contributed by atoms with van der Waals surface area (Å²) in [7, 11) is 0. The number of fused-ring (bicyclic) bond motifs is 2. The second-order valence-electron chi connectivity index (χ2n) is 11.6. The summed E-state index contributed by atoms with van der Waals surface area (Å²) in [6.07, 6.45) is 9.88. The molecule has 0 N–H and O–H groups in total. The first-order chi connectivity index (χ1) is 20.7. The lowest BCUT2D eigenvalue weighted by Crippen LogP contribution is -2.49. The summed E-state index contributed by atoms with van der Waals surface area (Å²) in [6, 6.07) is 22.1. The van der Waals surface area contributed by atoms with Crippen LogP contribution in [0.5, 0.6) is 0 Å². The summed E-state index contributed by atoms with van der Waals surface area (Å²) < 4.78 is 2.09. The number of anilines is 2. The molecule has 42 heavy (non-hydrogen) atoms. The minimum atomic E-state index is -0.0144. The maximum atomic E-state index is 14.0. The molecule has 214 valence electrons. The van der Waals surface area contributed by atoms with E-state index in [9.17, 15) is 9.59 Å². The standard InChI is InChI=1S/C34H36N6O2/c41-32(27-13-11-26(12-14-27)25-7-2-1-3-8-25)40-24-29-15-16-31(39(29)23-28-9-4-5-10-30(28)40)33(42)37-19-21-38(22-20-37)34-35-17-6-18-36-34/h4-6,9-18,25H,1-3,7-8,19-24H2. The van der Waals surface area contributed by atoms with Gasteiger partial charge in [-0.25, -0.2) is 9.97 Å². The molecule has 1 aliphatic carbocycles. The summed E-state index contributed by atoms with van der Waals surface area (Å²) in [5, 5.41) is 0. The van der Waals surface area contributed by atoms with Gasteiger partial charge in [0.1, 0.15) is 5.69 Å². The van der Waals surface area contributed by atoms with Crippen LogP contribution in [0, 0.1) is 0 Å². The number of aromatic nitrogens is 3. The van der Waals surface area contributed by atoms with Crippen molar-refractivity contribution in [3.8, 4) is 0 Å². The number of hydrogen-bond donors (Lipinski definition) is 0. The predicted molar refractivity (Wildman–Crippen MR) is 163 cm³/mol. The fraction of sp³-hybridized carbons (Fsp3) is 0.353. The summed E-state index contributed by atoms with van der Waals surface area (Å²) in [5.74, 6) is 1.31. The van der Waals surface area contributed by atoms with Crippen molar-refractivity contribution in [3.63, 3.8) is 0 Å². The van der Waals surface area contributed by atoms with Crippen molar-refractivity contribution < 1.29 is 9.59 Å². The van der Waals surface area contributed by atoms with Crippen LogP contribution in [0.2, 0.25) is 0 Å². The average molecular weight is 561 g/mol. The Balaban J connectivity index is 1.11. The van der Waals surface area contributed by atoms with Crippen LogP contribution in [-0.2, 0) is 13.1 Å². The summed E-state index contributed by atoms with van der Waals surface area (Å²) in [5.41, 5.74) is 5.59. The molecule has 3 aliphatic rings. The predicted octanol–water partition coefficient (Wildman–Crippen LogP) is 5.50. The third-order valence-corrected chi connectivity index (χ3v) is 9.10. The van der Waals surface area contributed by atoms with Gasteiger partial charge >= 0.3 is 0 Å². The van der Waals surface area contributed by atoms with E-state index in [0.29, 0.717) is 62.4 Å². The van der Waals surface area contributed by atoms with E-state index >= 15 is 0 Å². The van der Waals surface area contributed by atoms with Crippen molar-refractivity contribution in [3.05, 3.63) is 107 Å². The number of carbonyl (C=O) groups is 2. The number of amides is 2. The lowest BCUT2D eigenvalue weighted by molar-refractivity contribution is 0.0735. The van der Waals surface area contributed by atoms with Gasteiger partial charge < -0.3 is 19.3 Å². The molecule has 1 saturated carbocycles. The van der Waals surface area contributed by atoms with Gasteiger partial charge in [-0.05, 0) is 66.3 Å². The number of rotatable bonds is 4. The largest absolute Gasteiger partial charge is 0.337 e. The van der Waals surface area contributed by atoms with Gasteiger partial charge in [0.05, 0.1) is 13.1 Å². The molecule has 2 aromatic heterocycles. The third-order valence-electron chi connectivity index (χ3n) is 9.10. The first-order valence-electron chi connectivity index (χ1n) is 15.1. The van der Waals surface area contributed by atoms with Gasteiger partial charge in [-0.2, -0.15) is 0 Å². The van der Waals surface area contributed by atoms with Gasteiger partial charge in [0.2, 0.25) is 5.95 Å². The fourth-order valence-corrected chi connectivity index (χ4v) is 6.74. The van der Waals surface area contributed by atoms with Gasteiger partial charge in [-0.15, -0.1) is 0 Å². The Hall–Kier alpha value is -4.46. The van der Waals surface area contributed by atoms with E-state index < -0.39 is 0 Å². The molecule has 0 radical (unpaired) electrons. The maximum absolute atomic E-state index is 14.0. The summed E-state index contributed by atoms with van der Waals surface area (Å²) >= 11 is 0. The van der Waals surface area contributed by atoms with E-state index in [0.717, 1.165) is 16.9 Å². The molecular formula is C34H36N6O2. The molecule has 4 heterocycles. The van der Waals surface area contributed by atoms with Crippen LogP contribution < -0.4 is 9.80 Å². The van der Waals surface area contributed by atoms with E-state index in [1.165, 1.54) is 37.7 Å². The lowest BCUT2D eigenvalue weighted by atomic mass is 9.84. The van der Waals surface area contributed by atoms with Crippen molar-refractivity contribution in [2.45, 2.75) is 51.1 Å². The van der Waals surface area contributed by atoms with Gasteiger partial charge in [0.25, 0.3) is 11.8 Å². The third kappa shape index (κ3) is 5.06. The zero-order chi connectivity index (χ0) is 28.5. The molecule has 4 aromatic rings. The molecule has 2 fully saturated rings. The SMILES string of the molecule is O=C(c1ccc2n1Cc1ccccc1N(C(=O)c1ccc(C3CCCCC3)cc1)C2)N1CCN(c2ncccn2)CC1. The fourth-order valence-electron chi connectivity index (χ4n) is 6.74. The van der Waals surface area contributed by atoms with Crippen LogP contribution in [0.4, 0.5) is 11.6 Å². The van der Waals surface area contributed by atoms with Crippen molar-refractivity contribution in [1.29, 1.82) is 0 Å². The lowest BCUT2D eigenvalue weighted by Gasteiger charge is -2.34. The second kappa shape index (κ2) is 11.4. The number of nitrogens with zero attached hydrogens (tertiary/aromatic N) is 6. The Kier molecular flexibility index (Phi) is 7.20. The summed E-state index contributed by atoms with van der Waals surface area (Å²) in [6.45, 7) is 3.54. The molecule has 0 unspecified atom stereocenters. The number of hydrogen-bond acceptors (Lipinski definition) is 5. The first-order valence-corrected chi connectivity index (χ1v) is 15.1. The minimum absolute atomic E-state index is 0.0144. The quantitative estimate of drug-likeness (QED) is 0.330. The van der Waals surface area contributed by atoms with E-state index in [1.54, 1.807) is 12.4 Å². The maximum Gasteiger partial charge on any atom is 0.270 e. The van der Waals surface area contributed by atoms with Crippen LogP contribution in [0.1, 0.15) is 75.7 Å². The van der Waals surface area contributed by atoms with Gasteiger partial charge in [0.15, 0.2) is 0 Å². The average Bonchev–Trinajstić information content (AvgIpc) is 3.38. The van der Waals surface area contributed by atoms with Crippen molar-refractivity contribution in [1.82, 2.24) is 19.4 Å². The van der Waals surface area contributed by atoms with Crippen molar-refractivity contribution >= 4 is 23.5 Å². The highest BCUT2D eigenvalue weighted by atomic mass is 16.2. The Bertz CT molecular complexity index is 1570. The molecular weight excluding hydrogens is 524 g/mol. The molecule has 0 bridgehead atoms. The topological polar surface area (TPSA) is 74.6 Å². The van der Waals surface area contributed by atoms with Crippen LogP contribution in [-0.4, -0.2) is 57.4 Å². The minimum Gasteiger partial charge on any atom is -0.337 e. The number of carbonyl (C=O) groups excluding carboxylic acids is 2. The highest BCUT2D eigenvalue weighted by molar-refractivity contribution is 6.06. The molecule has 0 spiro atoms. The molecule has 2 amide bonds. The van der Waals surface area contributed by atoms with Gasteiger partial charge in [0, 0.05) is 55.5 Å². The molecule has 1 saturated heterocycles. The monoisotopic (exact) mass is 560 g/mol. The van der Waals surface area contributed by atoms with Gasteiger partial charge in [-0.1, -0.05) is 49.6 Å². The molecule has 2 aliphatic heterocycles. The Labute approximate surface area is 246 Å². The molecule has 7 rings (SSSR count). The number of para-hydroxylation sites is 1. The van der Waals surface area contributed by atoms with Crippen LogP contribution in [0.25, 0.3) is 0 Å². The number of benzene rings is 2. The van der Waals surface area contributed by atoms with Crippen LogP contribution >= 0.6 is 0 Å². The molecule has 0 atom stereocenters. The normalized spacial score (nSPS) is 17.4. The second-order valence-corrected chi connectivity index (χ2v) is 11.6. The van der Waals surface area contributed by atoms with Crippen molar-refractivity contribution in [2.75, 3.05) is 36.0 Å². The van der Waals surface area contributed by atoms with Crippen LogP contribution in [0.15, 0.2) is 79.1 Å². The van der Waals surface area contributed by atoms with E-state index in [-0.39, 0.29) is 11.8 Å². The molecule has 2 aromatic carbocycles. The van der Waals surface area contributed by atoms with Crippen LogP contribution in [0.3, 0.4) is 0 Å². The molecule has 8 heteroatoms. The zero-order valence-electron chi connectivity index (χ0n) is 23.9. The Morgan fingerprint density at radius 1 is 0.714 bits per heavy atom.